The second-order valence-corrected chi connectivity index (χ2v) is 5.80. The van der Waals surface area contributed by atoms with Crippen molar-refractivity contribution in [2.45, 2.75) is 24.7 Å². The van der Waals surface area contributed by atoms with Crippen LogP contribution in [0.2, 0.25) is 0 Å². The number of carbonyl (C=O) groups is 2. The first kappa shape index (κ1) is 20.4. The molecule has 5 nitrogen and oxygen atoms in total. The van der Waals surface area contributed by atoms with Gasteiger partial charge in [-0.15, -0.1) is 0 Å². The Morgan fingerprint density at radius 2 is 1.78 bits per heavy atom. The van der Waals surface area contributed by atoms with Crippen molar-refractivity contribution in [1.29, 1.82) is 0 Å². The summed E-state index contributed by atoms with van der Waals surface area (Å²) in [7, 11) is 1.10. The zero-order valence-corrected chi connectivity index (χ0v) is 14.4. The predicted molar refractivity (Wildman–Crippen MR) is 90.5 cm³/mol. The highest BCUT2D eigenvalue weighted by Gasteiger charge is 2.31. The van der Waals surface area contributed by atoms with Crippen LogP contribution in [0, 0.1) is 0 Å². The zero-order valence-electron chi connectivity index (χ0n) is 14.4. The average molecular weight is 381 g/mol. The third kappa shape index (κ3) is 5.55. The molecule has 0 aromatic heterocycles. The summed E-state index contributed by atoms with van der Waals surface area (Å²) in [4.78, 5) is 24.2. The van der Waals surface area contributed by atoms with E-state index in [1.807, 2.05) is 0 Å². The van der Waals surface area contributed by atoms with Crippen LogP contribution in [0.5, 0.6) is 0 Å². The molecule has 0 aliphatic rings. The third-order valence-electron chi connectivity index (χ3n) is 3.86. The molecule has 0 aliphatic heterocycles. The molecule has 144 valence electrons. The first-order valence-electron chi connectivity index (χ1n) is 7.99. The Bertz CT molecular complexity index is 793. The van der Waals surface area contributed by atoms with Gasteiger partial charge in [-0.2, -0.15) is 13.2 Å². The second kappa shape index (κ2) is 8.68. The summed E-state index contributed by atoms with van der Waals surface area (Å²) < 4.78 is 43.1. The van der Waals surface area contributed by atoms with Crippen molar-refractivity contribution in [1.82, 2.24) is 5.32 Å². The lowest BCUT2D eigenvalue weighted by Crippen LogP contribution is -2.45. The smallest absolute Gasteiger partial charge is 0.416 e. The SMILES string of the molecule is COC(=O)[C@H](Cc1cccc(C(F)(F)F)c1)NC(=O)[C@@H](O)c1ccccc1. The lowest BCUT2D eigenvalue weighted by molar-refractivity contribution is -0.146. The minimum absolute atomic E-state index is 0.190. The van der Waals surface area contributed by atoms with Gasteiger partial charge in [0.25, 0.3) is 5.91 Å². The molecule has 0 bridgehead atoms. The van der Waals surface area contributed by atoms with Crippen molar-refractivity contribution in [3.8, 4) is 0 Å². The maximum atomic E-state index is 12.8. The fourth-order valence-electron chi connectivity index (χ4n) is 2.48. The number of aliphatic hydroxyl groups excluding tert-OH is 1. The minimum Gasteiger partial charge on any atom is -0.467 e. The molecule has 0 radical (unpaired) electrons. The summed E-state index contributed by atoms with van der Waals surface area (Å²) in [6, 6.07) is 11.2. The molecule has 0 heterocycles. The average Bonchev–Trinajstić information content (AvgIpc) is 2.66. The lowest BCUT2D eigenvalue weighted by Gasteiger charge is -2.19. The number of esters is 1. The van der Waals surface area contributed by atoms with E-state index in [2.05, 4.69) is 10.1 Å². The number of nitrogens with one attached hydrogen (secondary N) is 1. The molecule has 2 atom stereocenters. The zero-order chi connectivity index (χ0) is 20.0. The first-order chi connectivity index (χ1) is 12.7. The maximum Gasteiger partial charge on any atom is 0.416 e. The van der Waals surface area contributed by atoms with E-state index < -0.39 is 35.8 Å². The third-order valence-corrected chi connectivity index (χ3v) is 3.86. The van der Waals surface area contributed by atoms with Gasteiger partial charge in [-0.1, -0.05) is 48.5 Å². The number of hydrogen-bond acceptors (Lipinski definition) is 4. The van der Waals surface area contributed by atoms with Gasteiger partial charge in [-0.3, -0.25) is 4.79 Å². The van der Waals surface area contributed by atoms with Crippen LogP contribution < -0.4 is 5.32 Å². The van der Waals surface area contributed by atoms with E-state index in [0.29, 0.717) is 5.56 Å². The molecular formula is C19H18F3NO4. The Morgan fingerprint density at radius 3 is 2.37 bits per heavy atom. The maximum absolute atomic E-state index is 12.8. The van der Waals surface area contributed by atoms with Crippen molar-refractivity contribution in [2.24, 2.45) is 0 Å². The van der Waals surface area contributed by atoms with E-state index in [-0.39, 0.29) is 12.0 Å². The van der Waals surface area contributed by atoms with Gasteiger partial charge in [0.1, 0.15) is 6.04 Å². The Kier molecular flexibility index (Phi) is 6.57. The molecule has 2 rings (SSSR count). The molecule has 0 saturated heterocycles. The number of aliphatic hydroxyl groups is 1. The molecule has 27 heavy (non-hydrogen) atoms. The van der Waals surface area contributed by atoms with Gasteiger partial charge in [0.05, 0.1) is 12.7 Å². The summed E-state index contributed by atoms with van der Waals surface area (Å²) in [5, 5.41) is 12.4. The number of carbonyl (C=O) groups excluding carboxylic acids is 2. The van der Waals surface area contributed by atoms with Crippen molar-refractivity contribution in [3.05, 3.63) is 71.3 Å². The number of alkyl halides is 3. The van der Waals surface area contributed by atoms with E-state index in [4.69, 9.17) is 0 Å². The number of amides is 1. The summed E-state index contributed by atoms with van der Waals surface area (Å²) in [5.74, 6) is -1.69. The Balaban J connectivity index is 2.16. The molecule has 0 aliphatic carbocycles. The number of hydrogen-bond donors (Lipinski definition) is 2. The molecule has 0 fully saturated rings. The van der Waals surface area contributed by atoms with Crippen molar-refractivity contribution >= 4 is 11.9 Å². The summed E-state index contributed by atoms with van der Waals surface area (Å²) in [6.45, 7) is 0. The summed E-state index contributed by atoms with van der Waals surface area (Å²) in [5.41, 5.74) is -0.355. The standard InChI is InChI=1S/C19H18F3NO4/c1-27-18(26)15(11-12-6-5-9-14(10-12)19(20,21)22)23-17(25)16(24)13-7-3-2-4-8-13/h2-10,15-16,24H,11H2,1H3,(H,23,25)/t15-,16-/m0/s1. The molecule has 2 N–H and O–H groups in total. The summed E-state index contributed by atoms with van der Waals surface area (Å²) in [6.07, 6.45) is -6.27. The van der Waals surface area contributed by atoms with Crippen LogP contribution in [0.4, 0.5) is 13.2 Å². The largest absolute Gasteiger partial charge is 0.467 e. The van der Waals surface area contributed by atoms with Gasteiger partial charge in [-0.05, 0) is 17.2 Å². The minimum atomic E-state index is -4.52. The number of benzene rings is 2. The highest BCUT2D eigenvalue weighted by Crippen LogP contribution is 2.29. The molecule has 0 spiro atoms. The second-order valence-electron chi connectivity index (χ2n) is 5.80. The van der Waals surface area contributed by atoms with Crippen LogP contribution in [-0.4, -0.2) is 30.1 Å². The van der Waals surface area contributed by atoms with Crippen LogP contribution in [-0.2, 0) is 26.9 Å². The van der Waals surface area contributed by atoms with Gasteiger partial charge in [-0.25, -0.2) is 4.79 Å². The van der Waals surface area contributed by atoms with Crippen LogP contribution in [0.15, 0.2) is 54.6 Å². The Hall–Kier alpha value is -2.87. The topological polar surface area (TPSA) is 75.6 Å². The fourth-order valence-corrected chi connectivity index (χ4v) is 2.48. The molecule has 2 aromatic rings. The molecule has 0 saturated carbocycles. The van der Waals surface area contributed by atoms with E-state index in [9.17, 15) is 27.9 Å². The molecule has 0 unspecified atom stereocenters. The van der Waals surface area contributed by atoms with Crippen LogP contribution in [0.1, 0.15) is 22.8 Å². The van der Waals surface area contributed by atoms with E-state index >= 15 is 0 Å². The van der Waals surface area contributed by atoms with Crippen molar-refractivity contribution in [3.63, 3.8) is 0 Å². The summed E-state index contributed by atoms with van der Waals surface area (Å²) >= 11 is 0. The molecular weight excluding hydrogens is 363 g/mol. The van der Waals surface area contributed by atoms with Crippen molar-refractivity contribution in [2.75, 3.05) is 7.11 Å². The number of halogens is 3. The first-order valence-corrected chi connectivity index (χ1v) is 7.99. The quantitative estimate of drug-likeness (QED) is 0.755. The molecule has 1 amide bonds. The number of rotatable bonds is 6. The Morgan fingerprint density at radius 1 is 1.11 bits per heavy atom. The van der Waals surface area contributed by atoms with Gasteiger partial charge >= 0.3 is 12.1 Å². The van der Waals surface area contributed by atoms with Gasteiger partial charge < -0.3 is 15.2 Å². The van der Waals surface area contributed by atoms with Crippen molar-refractivity contribution < 1.29 is 32.6 Å². The molecule has 8 heteroatoms. The van der Waals surface area contributed by atoms with Gasteiger partial charge in [0, 0.05) is 6.42 Å². The fraction of sp³-hybridized carbons (Fsp3) is 0.263. The van der Waals surface area contributed by atoms with E-state index in [1.54, 1.807) is 18.2 Å². The predicted octanol–water partition coefficient (Wildman–Crippen LogP) is 2.64. The Labute approximate surface area is 153 Å². The lowest BCUT2D eigenvalue weighted by atomic mass is 10.0. The van der Waals surface area contributed by atoms with E-state index in [1.165, 1.54) is 24.3 Å². The van der Waals surface area contributed by atoms with Crippen LogP contribution in [0.25, 0.3) is 0 Å². The van der Waals surface area contributed by atoms with Gasteiger partial charge in [0.15, 0.2) is 6.10 Å². The van der Waals surface area contributed by atoms with Gasteiger partial charge in [0.2, 0.25) is 0 Å². The van der Waals surface area contributed by atoms with E-state index in [0.717, 1.165) is 19.2 Å². The number of ether oxygens (including phenoxy) is 1. The highest BCUT2D eigenvalue weighted by molar-refractivity contribution is 5.87. The monoisotopic (exact) mass is 381 g/mol. The number of methoxy groups -OCH3 is 1. The van der Waals surface area contributed by atoms with Crippen LogP contribution in [0.3, 0.4) is 0 Å². The van der Waals surface area contributed by atoms with Crippen LogP contribution >= 0.6 is 0 Å². The normalized spacial score (nSPS) is 13.5. The molecule has 2 aromatic carbocycles. The highest BCUT2D eigenvalue weighted by atomic mass is 19.4.